The van der Waals surface area contributed by atoms with Crippen molar-refractivity contribution in [1.82, 2.24) is 9.88 Å². The monoisotopic (exact) mass is 285 g/mol. The second-order valence-electron chi connectivity index (χ2n) is 4.06. The fraction of sp³-hybridized carbons (Fsp3) is 0.333. The first-order valence-corrected chi connectivity index (χ1v) is 6.24. The van der Waals surface area contributed by atoms with Gasteiger partial charge in [-0.3, -0.25) is 4.79 Å². The maximum atomic E-state index is 11.6. The molecule has 6 heteroatoms. The first kappa shape index (κ1) is 14.9. The largest absolute Gasteiger partial charge is 0.338 e. The Hall–Kier alpha value is -1.17. The summed E-state index contributed by atoms with van der Waals surface area (Å²) in [5.41, 5.74) is 6.54. The number of hydrogen-bond acceptors (Lipinski definition) is 4. The number of carbonyl (C=O) groups is 1. The fourth-order valence-electron chi connectivity index (χ4n) is 1.62. The fourth-order valence-corrected chi connectivity index (χ4v) is 2.64. The van der Waals surface area contributed by atoms with Gasteiger partial charge in [-0.2, -0.15) is 0 Å². The van der Waals surface area contributed by atoms with Gasteiger partial charge < -0.3 is 10.6 Å². The minimum Gasteiger partial charge on any atom is -0.338 e. The van der Waals surface area contributed by atoms with Crippen LogP contribution in [-0.4, -0.2) is 28.9 Å². The molecule has 0 bridgehead atoms. The van der Waals surface area contributed by atoms with E-state index in [0.717, 1.165) is 15.2 Å². The van der Waals surface area contributed by atoms with Gasteiger partial charge in [0.25, 0.3) is 0 Å². The molecule has 2 aromatic rings. The van der Waals surface area contributed by atoms with Crippen molar-refractivity contribution in [1.29, 1.82) is 0 Å². The second-order valence-corrected chi connectivity index (χ2v) is 5.17. The van der Waals surface area contributed by atoms with E-state index in [1.807, 2.05) is 24.3 Å². The number of carbonyl (C=O) groups excluding carboxylic acids is 1. The zero-order valence-electron chi connectivity index (χ0n) is 10.3. The van der Waals surface area contributed by atoms with Crippen molar-refractivity contribution in [2.24, 2.45) is 5.73 Å². The van der Waals surface area contributed by atoms with E-state index in [9.17, 15) is 4.79 Å². The lowest BCUT2D eigenvalue weighted by Gasteiger charge is -2.17. The number of aromatic nitrogens is 1. The molecular weight excluding hydrogens is 270 g/mol. The number of halogens is 1. The summed E-state index contributed by atoms with van der Waals surface area (Å²) in [5.74, 6) is -0.0655. The molecule has 0 saturated heterocycles. The quantitative estimate of drug-likeness (QED) is 0.939. The molecule has 1 unspecified atom stereocenters. The lowest BCUT2D eigenvalue weighted by molar-refractivity contribution is -0.131. The second kappa shape index (κ2) is 6.13. The van der Waals surface area contributed by atoms with E-state index in [1.165, 1.54) is 0 Å². The smallest absolute Gasteiger partial charge is 0.239 e. The first-order valence-electron chi connectivity index (χ1n) is 5.43. The molecule has 0 spiro atoms. The van der Waals surface area contributed by atoms with E-state index < -0.39 is 6.04 Å². The van der Waals surface area contributed by atoms with Crippen LogP contribution in [0, 0.1) is 0 Å². The zero-order chi connectivity index (χ0) is 12.4. The van der Waals surface area contributed by atoms with E-state index in [2.05, 4.69) is 4.98 Å². The molecule has 98 valence electrons. The molecule has 4 nitrogen and oxygen atoms in total. The van der Waals surface area contributed by atoms with Gasteiger partial charge in [-0.1, -0.05) is 12.1 Å². The van der Waals surface area contributed by atoms with Crippen LogP contribution in [0.15, 0.2) is 24.3 Å². The SMILES string of the molecule is CC(N)C(=O)N(C)Cc1nc2ccccc2s1.Cl. The molecule has 1 aromatic carbocycles. The van der Waals surface area contributed by atoms with Crippen molar-refractivity contribution in [2.45, 2.75) is 19.5 Å². The normalized spacial score (nSPS) is 11.9. The third-order valence-electron chi connectivity index (χ3n) is 2.48. The van der Waals surface area contributed by atoms with Crippen molar-refractivity contribution >= 4 is 39.9 Å². The van der Waals surface area contributed by atoms with E-state index in [-0.39, 0.29) is 18.3 Å². The number of amides is 1. The number of likely N-dealkylation sites (N-methyl/N-ethyl adjacent to an activating group) is 1. The van der Waals surface area contributed by atoms with Gasteiger partial charge in [0.15, 0.2) is 0 Å². The van der Waals surface area contributed by atoms with Crippen LogP contribution in [0.1, 0.15) is 11.9 Å². The maximum absolute atomic E-state index is 11.6. The van der Waals surface area contributed by atoms with Crippen molar-refractivity contribution in [3.63, 3.8) is 0 Å². The minimum atomic E-state index is -0.464. The average molecular weight is 286 g/mol. The van der Waals surface area contributed by atoms with E-state index in [0.29, 0.717) is 6.54 Å². The van der Waals surface area contributed by atoms with Crippen LogP contribution in [0.25, 0.3) is 10.2 Å². The highest BCUT2D eigenvalue weighted by Gasteiger charge is 2.15. The van der Waals surface area contributed by atoms with E-state index >= 15 is 0 Å². The predicted molar refractivity (Wildman–Crippen MR) is 77.0 cm³/mol. The number of benzene rings is 1. The third kappa shape index (κ3) is 3.19. The van der Waals surface area contributed by atoms with Gasteiger partial charge in [-0.05, 0) is 19.1 Å². The molecule has 1 amide bonds. The topological polar surface area (TPSA) is 59.2 Å². The molecule has 2 N–H and O–H groups in total. The highest BCUT2D eigenvalue weighted by atomic mass is 35.5. The van der Waals surface area contributed by atoms with E-state index in [4.69, 9.17) is 5.73 Å². The van der Waals surface area contributed by atoms with Crippen LogP contribution in [0.5, 0.6) is 0 Å². The van der Waals surface area contributed by atoms with Crippen LogP contribution in [0.2, 0.25) is 0 Å². The van der Waals surface area contributed by atoms with Gasteiger partial charge in [0.2, 0.25) is 5.91 Å². The molecule has 2 rings (SSSR count). The number of para-hydroxylation sites is 1. The summed E-state index contributed by atoms with van der Waals surface area (Å²) in [7, 11) is 1.75. The van der Waals surface area contributed by atoms with Gasteiger partial charge >= 0.3 is 0 Å². The Bertz CT molecular complexity index is 508. The molecular formula is C12H16ClN3OS. The average Bonchev–Trinajstić information content (AvgIpc) is 2.69. The number of fused-ring (bicyclic) bond motifs is 1. The molecule has 1 aromatic heterocycles. The Morgan fingerprint density at radius 2 is 2.17 bits per heavy atom. The number of nitrogens with zero attached hydrogens (tertiary/aromatic N) is 2. The summed E-state index contributed by atoms with van der Waals surface area (Å²) < 4.78 is 1.14. The molecule has 0 aliphatic rings. The van der Waals surface area contributed by atoms with Crippen molar-refractivity contribution in [3.05, 3.63) is 29.3 Å². The Balaban J connectivity index is 0.00000162. The summed E-state index contributed by atoms with van der Waals surface area (Å²) in [4.78, 5) is 17.7. The lowest BCUT2D eigenvalue weighted by atomic mass is 10.3. The molecule has 0 aliphatic heterocycles. The highest BCUT2D eigenvalue weighted by molar-refractivity contribution is 7.18. The van der Waals surface area contributed by atoms with Crippen molar-refractivity contribution in [2.75, 3.05) is 7.05 Å². The summed E-state index contributed by atoms with van der Waals surface area (Å²) in [6, 6.07) is 7.49. The van der Waals surface area contributed by atoms with Gasteiger partial charge in [-0.25, -0.2) is 4.98 Å². The summed E-state index contributed by atoms with van der Waals surface area (Å²) in [6.07, 6.45) is 0. The standard InChI is InChI=1S/C12H15N3OS.ClH/c1-8(13)12(16)15(2)7-11-14-9-5-3-4-6-10(9)17-11;/h3-6,8H,7,13H2,1-2H3;1H. The van der Waals surface area contributed by atoms with Crippen LogP contribution < -0.4 is 5.73 Å². The van der Waals surface area contributed by atoms with Crippen LogP contribution >= 0.6 is 23.7 Å². The Morgan fingerprint density at radius 3 is 2.78 bits per heavy atom. The Labute approximate surface area is 116 Å². The Kier molecular flexibility index (Phi) is 5.07. The van der Waals surface area contributed by atoms with Crippen LogP contribution in [-0.2, 0) is 11.3 Å². The highest BCUT2D eigenvalue weighted by Crippen LogP contribution is 2.22. The first-order chi connectivity index (χ1) is 8.08. The summed E-state index contributed by atoms with van der Waals surface area (Å²) >= 11 is 1.61. The molecule has 1 heterocycles. The molecule has 18 heavy (non-hydrogen) atoms. The molecule has 0 saturated carbocycles. The van der Waals surface area contributed by atoms with Gasteiger partial charge in [0, 0.05) is 7.05 Å². The van der Waals surface area contributed by atoms with E-state index in [1.54, 1.807) is 30.2 Å². The molecule has 0 radical (unpaired) electrons. The van der Waals surface area contributed by atoms with Crippen LogP contribution in [0.4, 0.5) is 0 Å². The number of hydrogen-bond donors (Lipinski definition) is 1. The number of nitrogens with two attached hydrogens (primary N) is 1. The van der Waals surface area contributed by atoms with Crippen molar-refractivity contribution < 1.29 is 4.79 Å². The lowest BCUT2D eigenvalue weighted by Crippen LogP contribution is -2.39. The molecule has 1 atom stereocenters. The maximum Gasteiger partial charge on any atom is 0.239 e. The molecule has 0 aliphatic carbocycles. The number of thiazole rings is 1. The minimum absolute atomic E-state index is 0. The number of rotatable bonds is 3. The summed E-state index contributed by atoms with van der Waals surface area (Å²) in [6.45, 7) is 2.21. The third-order valence-corrected chi connectivity index (χ3v) is 3.50. The van der Waals surface area contributed by atoms with Crippen LogP contribution in [0.3, 0.4) is 0 Å². The van der Waals surface area contributed by atoms with Gasteiger partial charge in [0.1, 0.15) is 5.01 Å². The Morgan fingerprint density at radius 1 is 1.50 bits per heavy atom. The molecule has 0 fully saturated rings. The van der Waals surface area contributed by atoms with Gasteiger partial charge in [0.05, 0.1) is 22.8 Å². The predicted octanol–water partition coefficient (Wildman–Crippen LogP) is 2.02. The van der Waals surface area contributed by atoms with Crippen molar-refractivity contribution in [3.8, 4) is 0 Å². The summed E-state index contributed by atoms with van der Waals surface area (Å²) in [5, 5.41) is 0.933. The zero-order valence-corrected chi connectivity index (χ0v) is 11.9. The van der Waals surface area contributed by atoms with Gasteiger partial charge in [-0.15, -0.1) is 23.7 Å².